The number of unbranched alkanes of at least 4 members (excludes halogenated alkanes) is 2. The molecule has 0 saturated heterocycles. The lowest BCUT2D eigenvalue weighted by molar-refractivity contribution is 0.615. The van der Waals surface area contributed by atoms with Gasteiger partial charge in [-0.15, -0.1) is 0 Å². The molecule has 0 bridgehead atoms. The van der Waals surface area contributed by atoms with E-state index in [0.29, 0.717) is 23.7 Å². The zero-order valence-electron chi connectivity index (χ0n) is 17.3. The first-order valence-corrected chi connectivity index (χ1v) is 9.68. The van der Waals surface area contributed by atoms with E-state index in [4.69, 9.17) is 0 Å². The molecule has 9 nitrogen and oxygen atoms in total. The summed E-state index contributed by atoms with van der Waals surface area (Å²) in [6.07, 6.45) is 4.68. The number of aryl methyl sites for hydroxylation is 2. The van der Waals surface area contributed by atoms with Gasteiger partial charge in [0, 0.05) is 33.4 Å². The van der Waals surface area contributed by atoms with Crippen LogP contribution >= 0.6 is 0 Å². The predicted molar refractivity (Wildman–Crippen MR) is 117 cm³/mol. The van der Waals surface area contributed by atoms with E-state index in [9.17, 15) is 9.59 Å². The average molecular weight is 397 g/mol. The number of imidazole rings is 1. The first kappa shape index (κ1) is 20.4. The lowest BCUT2D eigenvalue weighted by Gasteiger charge is -2.11. The molecule has 2 heterocycles. The van der Waals surface area contributed by atoms with Crippen LogP contribution in [0.1, 0.15) is 31.7 Å². The number of rotatable bonds is 8. The van der Waals surface area contributed by atoms with Crippen LogP contribution in [0.3, 0.4) is 0 Å². The number of nitrogens with one attached hydrogen (secondary N) is 2. The number of benzene rings is 1. The number of aromatic amines is 1. The van der Waals surface area contributed by atoms with Gasteiger partial charge in [0.2, 0.25) is 5.95 Å². The summed E-state index contributed by atoms with van der Waals surface area (Å²) in [7, 11) is 5.56. The summed E-state index contributed by atoms with van der Waals surface area (Å²) in [6, 6.07) is 7.96. The molecule has 0 aliphatic heterocycles. The average Bonchev–Trinajstić information content (AvgIpc) is 3.06. The molecule has 1 aromatic carbocycles. The molecule has 29 heavy (non-hydrogen) atoms. The minimum atomic E-state index is -0.489. The number of nitrogens with zero attached hydrogens (tertiary/aromatic N) is 5. The van der Waals surface area contributed by atoms with Crippen LogP contribution in [0.25, 0.3) is 11.2 Å². The predicted octanol–water partition coefficient (Wildman–Crippen LogP) is 2.13. The van der Waals surface area contributed by atoms with Crippen molar-refractivity contribution >= 4 is 29.0 Å². The van der Waals surface area contributed by atoms with Gasteiger partial charge < -0.3 is 9.47 Å². The number of anilines is 2. The second-order valence-electron chi connectivity index (χ2n) is 7.14. The van der Waals surface area contributed by atoms with Crippen LogP contribution in [0.2, 0.25) is 0 Å². The van der Waals surface area contributed by atoms with E-state index < -0.39 is 11.2 Å². The van der Waals surface area contributed by atoms with Crippen molar-refractivity contribution in [3.05, 3.63) is 50.7 Å². The monoisotopic (exact) mass is 397 g/mol. The maximum Gasteiger partial charge on any atom is 0.329 e. The molecule has 0 amide bonds. The highest BCUT2D eigenvalue weighted by atomic mass is 16.2. The Kier molecular flexibility index (Phi) is 6.16. The Balaban J connectivity index is 1.92. The van der Waals surface area contributed by atoms with Gasteiger partial charge >= 0.3 is 5.69 Å². The van der Waals surface area contributed by atoms with Crippen LogP contribution in [0, 0.1) is 0 Å². The SMILES string of the molecule is CCCCCn1c(NN=Cc2ccc(N(C)C)cc2)nc2c1c(=O)[nH]c(=O)n2C. The molecule has 0 unspecified atom stereocenters. The lowest BCUT2D eigenvalue weighted by Crippen LogP contribution is -2.29. The van der Waals surface area contributed by atoms with Crippen LogP contribution in [0.4, 0.5) is 11.6 Å². The van der Waals surface area contributed by atoms with Crippen molar-refractivity contribution in [2.45, 2.75) is 32.7 Å². The number of H-pyrrole nitrogens is 1. The molecular weight excluding hydrogens is 370 g/mol. The standard InChI is InChI=1S/C20H27N7O2/c1-5-6-7-12-27-16-17(26(4)20(29)23-18(16)28)22-19(27)24-21-13-14-8-10-15(11-9-14)25(2)3/h8-11,13H,5-7,12H2,1-4H3,(H,22,24)(H,23,28,29). The van der Waals surface area contributed by atoms with Crippen molar-refractivity contribution in [3.8, 4) is 0 Å². The fraction of sp³-hybridized carbons (Fsp3) is 0.400. The summed E-state index contributed by atoms with van der Waals surface area (Å²) in [5, 5.41) is 4.28. The highest BCUT2D eigenvalue weighted by molar-refractivity contribution is 5.81. The Morgan fingerprint density at radius 3 is 2.59 bits per heavy atom. The van der Waals surface area contributed by atoms with Crippen LogP contribution in [-0.2, 0) is 13.6 Å². The number of hydrogen-bond acceptors (Lipinski definition) is 6. The Labute approximate surface area is 168 Å². The third-order valence-electron chi connectivity index (χ3n) is 4.78. The molecule has 3 rings (SSSR count). The third-order valence-corrected chi connectivity index (χ3v) is 4.78. The molecule has 3 aromatic rings. The van der Waals surface area contributed by atoms with E-state index >= 15 is 0 Å². The first-order chi connectivity index (χ1) is 13.9. The number of fused-ring (bicyclic) bond motifs is 1. The molecule has 0 aliphatic rings. The fourth-order valence-electron chi connectivity index (χ4n) is 3.08. The van der Waals surface area contributed by atoms with E-state index in [0.717, 1.165) is 30.5 Å². The van der Waals surface area contributed by atoms with Crippen LogP contribution in [0.15, 0.2) is 39.0 Å². The van der Waals surface area contributed by atoms with Gasteiger partial charge in [-0.25, -0.2) is 10.2 Å². The quantitative estimate of drug-likeness (QED) is 0.345. The maximum absolute atomic E-state index is 12.4. The van der Waals surface area contributed by atoms with Crippen molar-refractivity contribution in [3.63, 3.8) is 0 Å². The lowest BCUT2D eigenvalue weighted by atomic mass is 10.2. The van der Waals surface area contributed by atoms with Crippen LogP contribution < -0.4 is 21.6 Å². The molecule has 2 aromatic heterocycles. The Morgan fingerprint density at radius 2 is 1.93 bits per heavy atom. The number of hydrazone groups is 1. The molecule has 0 aliphatic carbocycles. The second-order valence-corrected chi connectivity index (χ2v) is 7.14. The van der Waals surface area contributed by atoms with Crippen molar-refractivity contribution in [2.24, 2.45) is 12.1 Å². The summed E-state index contributed by atoms with van der Waals surface area (Å²) < 4.78 is 3.12. The molecule has 0 saturated carbocycles. The van der Waals surface area contributed by atoms with Gasteiger partial charge in [-0.2, -0.15) is 10.1 Å². The van der Waals surface area contributed by atoms with Gasteiger partial charge in [-0.3, -0.25) is 14.3 Å². The molecule has 2 N–H and O–H groups in total. The van der Waals surface area contributed by atoms with E-state index in [-0.39, 0.29) is 0 Å². The Morgan fingerprint density at radius 1 is 1.21 bits per heavy atom. The molecule has 0 fully saturated rings. The minimum Gasteiger partial charge on any atom is -0.378 e. The van der Waals surface area contributed by atoms with Crippen LogP contribution in [0.5, 0.6) is 0 Å². The minimum absolute atomic E-state index is 0.336. The smallest absolute Gasteiger partial charge is 0.329 e. The van der Waals surface area contributed by atoms with E-state index in [2.05, 4.69) is 27.4 Å². The van der Waals surface area contributed by atoms with E-state index in [1.165, 1.54) is 4.57 Å². The summed E-state index contributed by atoms with van der Waals surface area (Å²) >= 11 is 0. The van der Waals surface area contributed by atoms with Crippen molar-refractivity contribution in [2.75, 3.05) is 24.4 Å². The van der Waals surface area contributed by atoms with Crippen molar-refractivity contribution < 1.29 is 0 Å². The maximum atomic E-state index is 12.4. The summed E-state index contributed by atoms with van der Waals surface area (Å²) in [6.45, 7) is 2.73. The largest absolute Gasteiger partial charge is 0.378 e. The fourth-order valence-corrected chi connectivity index (χ4v) is 3.08. The molecule has 0 radical (unpaired) electrons. The van der Waals surface area contributed by atoms with Crippen LogP contribution in [-0.4, -0.2) is 39.4 Å². The zero-order chi connectivity index (χ0) is 21.0. The van der Waals surface area contributed by atoms with Gasteiger partial charge in [0.1, 0.15) is 0 Å². The molecule has 154 valence electrons. The van der Waals surface area contributed by atoms with Gasteiger partial charge in [-0.05, 0) is 24.1 Å². The molecule has 0 atom stereocenters. The van der Waals surface area contributed by atoms with Crippen molar-refractivity contribution in [1.29, 1.82) is 0 Å². The summed E-state index contributed by atoms with van der Waals surface area (Å²) in [4.78, 5) is 33.1. The van der Waals surface area contributed by atoms with Gasteiger partial charge in [0.25, 0.3) is 5.56 Å². The Hall–Kier alpha value is -3.36. The molecular formula is C20H27N7O2. The van der Waals surface area contributed by atoms with E-state index in [1.54, 1.807) is 17.8 Å². The highest BCUT2D eigenvalue weighted by Crippen LogP contribution is 2.17. The normalized spacial score (nSPS) is 11.4. The second kappa shape index (κ2) is 8.76. The first-order valence-electron chi connectivity index (χ1n) is 9.68. The highest BCUT2D eigenvalue weighted by Gasteiger charge is 2.16. The molecule has 9 heteroatoms. The van der Waals surface area contributed by atoms with E-state index in [1.807, 2.05) is 43.3 Å². The number of hydrogen-bond donors (Lipinski definition) is 2. The molecule has 0 spiro atoms. The van der Waals surface area contributed by atoms with Gasteiger partial charge in [0.15, 0.2) is 11.2 Å². The van der Waals surface area contributed by atoms with Gasteiger partial charge in [0.05, 0.1) is 6.21 Å². The van der Waals surface area contributed by atoms with Crippen molar-refractivity contribution in [1.82, 2.24) is 19.1 Å². The van der Waals surface area contributed by atoms with Gasteiger partial charge in [-0.1, -0.05) is 31.9 Å². The third kappa shape index (κ3) is 4.39. The Bertz CT molecular complexity index is 1120. The topological polar surface area (TPSA) is 100 Å². The zero-order valence-corrected chi connectivity index (χ0v) is 17.3. The summed E-state index contributed by atoms with van der Waals surface area (Å²) in [5.74, 6) is 0.434. The number of aromatic nitrogens is 4. The summed E-state index contributed by atoms with van der Waals surface area (Å²) in [5.41, 5.74) is 4.75.